The van der Waals surface area contributed by atoms with Crippen LogP contribution >= 0.6 is 0 Å². The number of sulfone groups is 1. The molecule has 0 saturated heterocycles. The van der Waals surface area contributed by atoms with Crippen LogP contribution in [-0.2, 0) is 9.84 Å². The Bertz CT molecular complexity index is 676. The summed E-state index contributed by atoms with van der Waals surface area (Å²) in [5, 5.41) is 0. The molecule has 2 aromatic rings. The molecule has 2 rings (SSSR count). The summed E-state index contributed by atoms with van der Waals surface area (Å²) in [6.45, 7) is 2.73. The quantitative estimate of drug-likeness (QED) is 0.657. The van der Waals surface area contributed by atoms with Crippen LogP contribution in [0, 0.1) is 0 Å². The van der Waals surface area contributed by atoms with Crippen molar-refractivity contribution in [2.75, 3.05) is 12.3 Å². The van der Waals surface area contributed by atoms with Crippen LogP contribution in [0.15, 0.2) is 58.3 Å². The largest absolute Gasteiger partial charge is 0.494 e. The van der Waals surface area contributed by atoms with Gasteiger partial charge in [-0.2, -0.15) is 0 Å². The normalized spacial score (nSPS) is 11.3. The highest BCUT2D eigenvalue weighted by Gasteiger charge is 2.17. The first-order valence-electron chi connectivity index (χ1n) is 6.87. The van der Waals surface area contributed by atoms with Gasteiger partial charge in [0.25, 0.3) is 0 Å². The maximum Gasteiger partial charge on any atom is 0.206 e. The fraction of sp³-hybridized carbons (Fsp3) is 0.250. The van der Waals surface area contributed by atoms with Gasteiger partial charge < -0.3 is 10.5 Å². The highest BCUT2D eigenvalue weighted by molar-refractivity contribution is 7.91. The van der Waals surface area contributed by atoms with Crippen LogP contribution in [-0.4, -0.2) is 15.0 Å². The zero-order valence-corrected chi connectivity index (χ0v) is 12.8. The second-order valence-electron chi connectivity index (χ2n) is 4.75. The minimum Gasteiger partial charge on any atom is -0.494 e. The SMILES string of the molecule is CCCCOc1ccc(S(=O)(=O)c2ccc(N)cc2)cc1. The van der Waals surface area contributed by atoms with Gasteiger partial charge in [-0.25, -0.2) is 8.42 Å². The van der Waals surface area contributed by atoms with Crippen molar-refractivity contribution in [2.24, 2.45) is 0 Å². The monoisotopic (exact) mass is 305 g/mol. The van der Waals surface area contributed by atoms with Gasteiger partial charge in [0.15, 0.2) is 0 Å². The molecule has 0 unspecified atom stereocenters. The Morgan fingerprint density at radius 1 is 0.952 bits per heavy atom. The molecule has 0 heterocycles. The van der Waals surface area contributed by atoms with Gasteiger partial charge >= 0.3 is 0 Å². The molecule has 4 nitrogen and oxygen atoms in total. The summed E-state index contributed by atoms with van der Waals surface area (Å²) >= 11 is 0. The average Bonchev–Trinajstić information content (AvgIpc) is 2.48. The first-order chi connectivity index (χ1) is 10.0. The van der Waals surface area contributed by atoms with E-state index in [4.69, 9.17) is 10.5 Å². The maximum absolute atomic E-state index is 12.4. The number of hydrogen-bond donors (Lipinski definition) is 1. The summed E-state index contributed by atoms with van der Waals surface area (Å²) in [6.07, 6.45) is 2.04. The van der Waals surface area contributed by atoms with E-state index in [1.807, 2.05) is 0 Å². The minimum absolute atomic E-state index is 0.233. The number of nitrogens with two attached hydrogens (primary N) is 1. The Balaban J connectivity index is 2.19. The molecule has 0 atom stereocenters. The predicted octanol–water partition coefficient (Wildman–Crippen LogP) is 3.28. The summed E-state index contributed by atoms with van der Waals surface area (Å²) in [6, 6.07) is 12.7. The van der Waals surface area contributed by atoms with Gasteiger partial charge in [-0.15, -0.1) is 0 Å². The van der Waals surface area contributed by atoms with Gasteiger partial charge in [0.2, 0.25) is 9.84 Å². The van der Waals surface area contributed by atoms with Crippen molar-refractivity contribution in [1.82, 2.24) is 0 Å². The molecule has 0 aliphatic carbocycles. The maximum atomic E-state index is 12.4. The first kappa shape index (κ1) is 15.4. The van der Waals surface area contributed by atoms with E-state index in [1.54, 1.807) is 36.4 Å². The Hall–Kier alpha value is -2.01. The van der Waals surface area contributed by atoms with Crippen LogP contribution in [0.2, 0.25) is 0 Å². The van der Waals surface area contributed by atoms with E-state index in [-0.39, 0.29) is 9.79 Å². The van der Waals surface area contributed by atoms with Gasteiger partial charge in [0.05, 0.1) is 16.4 Å². The molecule has 112 valence electrons. The molecule has 0 aromatic heterocycles. The zero-order valence-electron chi connectivity index (χ0n) is 12.0. The van der Waals surface area contributed by atoms with Gasteiger partial charge in [-0.05, 0) is 55.0 Å². The van der Waals surface area contributed by atoms with Gasteiger partial charge in [0, 0.05) is 5.69 Å². The molecule has 0 bridgehead atoms. The molecular formula is C16H19NO3S. The molecule has 2 aromatic carbocycles. The molecule has 2 N–H and O–H groups in total. The fourth-order valence-electron chi connectivity index (χ4n) is 1.83. The Kier molecular flexibility index (Phi) is 4.85. The lowest BCUT2D eigenvalue weighted by molar-refractivity contribution is 0.309. The molecule has 0 aliphatic rings. The van der Waals surface area contributed by atoms with Crippen molar-refractivity contribution in [3.05, 3.63) is 48.5 Å². The lowest BCUT2D eigenvalue weighted by Crippen LogP contribution is -2.02. The third-order valence-corrected chi connectivity index (χ3v) is 4.88. The molecule has 0 saturated carbocycles. The fourth-order valence-corrected chi connectivity index (χ4v) is 3.09. The van der Waals surface area contributed by atoms with E-state index in [0.717, 1.165) is 12.8 Å². The van der Waals surface area contributed by atoms with Crippen LogP contribution < -0.4 is 10.5 Å². The lowest BCUT2D eigenvalue weighted by atomic mass is 10.3. The molecular weight excluding hydrogens is 286 g/mol. The van der Waals surface area contributed by atoms with Crippen molar-refractivity contribution in [3.8, 4) is 5.75 Å². The highest BCUT2D eigenvalue weighted by Crippen LogP contribution is 2.23. The summed E-state index contributed by atoms with van der Waals surface area (Å²) in [5.41, 5.74) is 6.11. The Labute approximate surface area is 125 Å². The summed E-state index contributed by atoms with van der Waals surface area (Å²) in [4.78, 5) is 0.478. The van der Waals surface area contributed by atoms with Crippen LogP contribution in [0.4, 0.5) is 5.69 Å². The van der Waals surface area contributed by atoms with Crippen molar-refractivity contribution in [2.45, 2.75) is 29.6 Å². The number of hydrogen-bond acceptors (Lipinski definition) is 4. The topological polar surface area (TPSA) is 69.4 Å². The van der Waals surface area contributed by atoms with Crippen molar-refractivity contribution in [1.29, 1.82) is 0 Å². The second-order valence-corrected chi connectivity index (χ2v) is 6.70. The van der Waals surface area contributed by atoms with Gasteiger partial charge in [0.1, 0.15) is 5.75 Å². The molecule has 0 amide bonds. The predicted molar refractivity (Wildman–Crippen MR) is 83.2 cm³/mol. The molecule has 0 fully saturated rings. The number of benzene rings is 2. The van der Waals surface area contributed by atoms with Gasteiger partial charge in [-0.1, -0.05) is 13.3 Å². The first-order valence-corrected chi connectivity index (χ1v) is 8.36. The van der Waals surface area contributed by atoms with E-state index >= 15 is 0 Å². The molecule has 21 heavy (non-hydrogen) atoms. The minimum atomic E-state index is -3.51. The van der Waals surface area contributed by atoms with Crippen molar-refractivity contribution in [3.63, 3.8) is 0 Å². The van der Waals surface area contributed by atoms with E-state index in [9.17, 15) is 8.42 Å². The van der Waals surface area contributed by atoms with E-state index < -0.39 is 9.84 Å². The lowest BCUT2D eigenvalue weighted by Gasteiger charge is -2.08. The smallest absolute Gasteiger partial charge is 0.206 e. The molecule has 0 spiro atoms. The summed E-state index contributed by atoms with van der Waals surface area (Å²) in [7, 11) is -3.51. The van der Waals surface area contributed by atoms with E-state index in [1.165, 1.54) is 12.1 Å². The van der Waals surface area contributed by atoms with E-state index in [0.29, 0.717) is 18.0 Å². The van der Waals surface area contributed by atoms with Gasteiger partial charge in [-0.3, -0.25) is 0 Å². The Morgan fingerprint density at radius 2 is 1.48 bits per heavy atom. The second kappa shape index (κ2) is 6.63. The van der Waals surface area contributed by atoms with Crippen LogP contribution in [0.3, 0.4) is 0 Å². The number of unbranched alkanes of at least 4 members (excludes halogenated alkanes) is 1. The van der Waals surface area contributed by atoms with Crippen molar-refractivity contribution < 1.29 is 13.2 Å². The van der Waals surface area contributed by atoms with Crippen LogP contribution in [0.1, 0.15) is 19.8 Å². The highest BCUT2D eigenvalue weighted by atomic mass is 32.2. The number of anilines is 1. The average molecular weight is 305 g/mol. The summed E-state index contributed by atoms with van der Waals surface area (Å²) < 4.78 is 30.4. The molecule has 5 heteroatoms. The number of nitrogen functional groups attached to an aromatic ring is 1. The summed E-state index contributed by atoms with van der Waals surface area (Å²) in [5.74, 6) is 0.680. The standard InChI is InChI=1S/C16H19NO3S/c1-2-3-12-20-14-6-10-16(11-7-14)21(18,19)15-8-4-13(17)5-9-15/h4-11H,2-3,12,17H2,1H3. The van der Waals surface area contributed by atoms with E-state index in [2.05, 4.69) is 6.92 Å². The number of ether oxygens (including phenoxy) is 1. The van der Waals surface area contributed by atoms with Crippen LogP contribution in [0.5, 0.6) is 5.75 Å². The molecule has 0 aliphatic heterocycles. The molecule has 0 radical (unpaired) electrons. The van der Waals surface area contributed by atoms with Crippen molar-refractivity contribution >= 4 is 15.5 Å². The zero-order chi connectivity index (χ0) is 15.3. The third kappa shape index (κ3) is 3.76. The number of rotatable bonds is 6. The third-order valence-electron chi connectivity index (χ3n) is 3.09. The van der Waals surface area contributed by atoms with Crippen LogP contribution in [0.25, 0.3) is 0 Å². The Morgan fingerprint density at radius 3 is 2.00 bits per heavy atom.